The minimum absolute atomic E-state index is 0.0417. The van der Waals surface area contributed by atoms with Crippen LogP contribution in [0.25, 0.3) is 0 Å². The van der Waals surface area contributed by atoms with Crippen LogP contribution in [0.4, 0.5) is 5.69 Å². The molecule has 0 aromatic heterocycles. The van der Waals surface area contributed by atoms with Gasteiger partial charge in [-0.05, 0) is 48.6 Å². The summed E-state index contributed by atoms with van der Waals surface area (Å²) in [6.45, 7) is 5.98. The highest BCUT2D eigenvalue weighted by molar-refractivity contribution is 6.09. The first-order valence-electron chi connectivity index (χ1n) is 9.60. The molecule has 0 aliphatic carbocycles. The third kappa shape index (κ3) is 3.67. The fraction of sp³-hybridized carbons (Fsp3) is 0.364. The van der Waals surface area contributed by atoms with Gasteiger partial charge in [-0.1, -0.05) is 26.0 Å². The molecule has 2 amide bonds. The Kier molecular flexibility index (Phi) is 4.94. The predicted molar refractivity (Wildman–Crippen MR) is 106 cm³/mol. The van der Waals surface area contributed by atoms with E-state index in [4.69, 9.17) is 9.47 Å². The highest BCUT2D eigenvalue weighted by Gasteiger charge is 2.27. The largest absolute Gasteiger partial charge is 0.454 e. The van der Waals surface area contributed by atoms with Gasteiger partial charge >= 0.3 is 0 Å². The van der Waals surface area contributed by atoms with Gasteiger partial charge in [-0.15, -0.1) is 0 Å². The second-order valence-corrected chi connectivity index (χ2v) is 7.72. The number of nitrogens with zero attached hydrogens (tertiary/aromatic N) is 1. The second-order valence-electron chi connectivity index (χ2n) is 7.72. The average molecular weight is 380 g/mol. The van der Waals surface area contributed by atoms with Crippen LogP contribution < -0.4 is 14.8 Å². The predicted octanol–water partition coefficient (Wildman–Crippen LogP) is 3.79. The van der Waals surface area contributed by atoms with Gasteiger partial charge in [-0.3, -0.25) is 9.59 Å². The number of likely N-dealkylation sites (tertiary alicyclic amines) is 1. The Morgan fingerprint density at radius 3 is 2.50 bits per heavy atom. The molecule has 146 valence electrons. The number of hydrogen-bond donors (Lipinski definition) is 1. The molecule has 2 unspecified atom stereocenters. The molecule has 0 radical (unpaired) electrons. The van der Waals surface area contributed by atoms with Crippen LogP contribution in [-0.2, 0) is 0 Å². The van der Waals surface area contributed by atoms with Crippen LogP contribution in [0.5, 0.6) is 11.5 Å². The lowest BCUT2D eigenvalue weighted by Crippen LogP contribution is -2.42. The molecule has 2 aliphatic rings. The van der Waals surface area contributed by atoms with Crippen molar-refractivity contribution in [3.63, 3.8) is 0 Å². The fourth-order valence-corrected chi connectivity index (χ4v) is 4.01. The molecule has 2 atom stereocenters. The van der Waals surface area contributed by atoms with Gasteiger partial charge < -0.3 is 19.7 Å². The van der Waals surface area contributed by atoms with Gasteiger partial charge in [0.2, 0.25) is 6.79 Å². The zero-order chi connectivity index (χ0) is 19.7. The first kappa shape index (κ1) is 18.3. The van der Waals surface area contributed by atoms with Gasteiger partial charge in [0.15, 0.2) is 11.5 Å². The Morgan fingerprint density at radius 2 is 1.71 bits per heavy atom. The number of carbonyl (C=O) groups is 2. The first-order chi connectivity index (χ1) is 13.5. The highest BCUT2D eigenvalue weighted by Crippen LogP contribution is 2.33. The van der Waals surface area contributed by atoms with Crippen molar-refractivity contribution in [3.8, 4) is 11.5 Å². The van der Waals surface area contributed by atoms with Crippen LogP contribution in [0, 0.1) is 11.8 Å². The van der Waals surface area contributed by atoms with Crippen LogP contribution in [0.15, 0.2) is 42.5 Å². The van der Waals surface area contributed by atoms with Crippen molar-refractivity contribution in [3.05, 3.63) is 53.6 Å². The van der Waals surface area contributed by atoms with Crippen LogP contribution in [0.1, 0.15) is 41.0 Å². The number of nitrogens with one attached hydrogen (secondary N) is 1. The summed E-state index contributed by atoms with van der Waals surface area (Å²) in [6, 6.07) is 12.2. The third-order valence-corrected chi connectivity index (χ3v) is 5.20. The molecule has 1 N–H and O–H groups in total. The van der Waals surface area contributed by atoms with Crippen molar-refractivity contribution >= 4 is 17.5 Å². The van der Waals surface area contributed by atoms with E-state index in [0.29, 0.717) is 40.1 Å². The molecule has 2 aromatic rings. The van der Waals surface area contributed by atoms with Crippen LogP contribution in [-0.4, -0.2) is 36.6 Å². The zero-order valence-corrected chi connectivity index (χ0v) is 16.1. The van der Waals surface area contributed by atoms with E-state index in [1.165, 1.54) is 0 Å². The maximum absolute atomic E-state index is 13.1. The standard InChI is InChI=1S/C22H24N2O4/c1-14-9-15(2)12-24(11-14)22(26)17-5-3-4-6-18(17)23-21(25)16-7-8-19-20(10-16)28-13-27-19/h3-8,10,14-15H,9,11-13H2,1-2H3,(H,23,25). The molecule has 1 fully saturated rings. The summed E-state index contributed by atoms with van der Waals surface area (Å²) < 4.78 is 10.6. The number of carbonyl (C=O) groups excluding carboxylic acids is 2. The first-order valence-corrected chi connectivity index (χ1v) is 9.60. The van der Waals surface area contributed by atoms with E-state index < -0.39 is 0 Å². The van der Waals surface area contributed by atoms with E-state index in [1.807, 2.05) is 17.0 Å². The van der Waals surface area contributed by atoms with Crippen molar-refractivity contribution in [2.24, 2.45) is 11.8 Å². The summed E-state index contributed by atoms with van der Waals surface area (Å²) in [7, 11) is 0. The highest BCUT2D eigenvalue weighted by atomic mass is 16.7. The number of rotatable bonds is 3. The van der Waals surface area contributed by atoms with E-state index in [9.17, 15) is 9.59 Å². The smallest absolute Gasteiger partial charge is 0.255 e. The SMILES string of the molecule is CC1CC(C)CN(C(=O)c2ccccc2NC(=O)c2ccc3c(c2)OCO3)C1. The van der Waals surface area contributed by atoms with E-state index in [1.54, 1.807) is 30.3 Å². The van der Waals surface area contributed by atoms with E-state index in [2.05, 4.69) is 19.2 Å². The number of benzene rings is 2. The van der Waals surface area contributed by atoms with Crippen LogP contribution in [0.3, 0.4) is 0 Å². The molecule has 1 saturated heterocycles. The molecular weight excluding hydrogens is 356 g/mol. The Morgan fingerprint density at radius 1 is 1.00 bits per heavy atom. The molecule has 0 bridgehead atoms. The number of fused-ring (bicyclic) bond motifs is 1. The van der Waals surface area contributed by atoms with Gasteiger partial charge in [0.25, 0.3) is 11.8 Å². The summed E-state index contributed by atoms with van der Waals surface area (Å²) in [5.41, 5.74) is 1.48. The quantitative estimate of drug-likeness (QED) is 0.880. The van der Waals surface area contributed by atoms with Crippen molar-refractivity contribution < 1.29 is 19.1 Å². The number of para-hydroxylation sites is 1. The monoisotopic (exact) mass is 380 g/mol. The van der Waals surface area contributed by atoms with Crippen molar-refractivity contribution in [1.82, 2.24) is 4.90 Å². The Balaban J connectivity index is 1.54. The van der Waals surface area contributed by atoms with Gasteiger partial charge in [0, 0.05) is 18.7 Å². The van der Waals surface area contributed by atoms with E-state index >= 15 is 0 Å². The number of anilines is 1. The molecular formula is C22H24N2O4. The molecule has 6 nitrogen and oxygen atoms in total. The molecule has 6 heteroatoms. The number of hydrogen-bond acceptors (Lipinski definition) is 4. The maximum Gasteiger partial charge on any atom is 0.255 e. The fourth-order valence-electron chi connectivity index (χ4n) is 4.01. The Labute approximate surface area is 164 Å². The number of amides is 2. The second kappa shape index (κ2) is 7.54. The lowest BCUT2D eigenvalue weighted by atomic mass is 9.91. The Bertz CT molecular complexity index is 901. The topological polar surface area (TPSA) is 67.9 Å². The van der Waals surface area contributed by atoms with E-state index in [-0.39, 0.29) is 18.6 Å². The van der Waals surface area contributed by atoms with Gasteiger partial charge in [-0.2, -0.15) is 0 Å². The molecule has 0 saturated carbocycles. The average Bonchev–Trinajstić information content (AvgIpc) is 3.15. The summed E-state index contributed by atoms with van der Waals surface area (Å²) in [5, 5.41) is 2.88. The molecule has 2 aliphatic heterocycles. The maximum atomic E-state index is 13.1. The zero-order valence-electron chi connectivity index (χ0n) is 16.1. The van der Waals surface area contributed by atoms with Gasteiger partial charge in [0.1, 0.15) is 0 Å². The number of ether oxygens (including phenoxy) is 2. The van der Waals surface area contributed by atoms with Crippen LogP contribution >= 0.6 is 0 Å². The summed E-state index contributed by atoms with van der Waals surface area (Å²) >= 11 is 0. The minimum atomic E-state index is -0.293. The van der Waals surface area contributed by atoms with Crippen molar-refractivity contribution in [2.75, 3.05) is 25.2 Å². The third-order valence-electron chi connectivity index (χ3n) is 5.20. The van der Waals surface area contributed by atoms with Gasteiger partial charge in [0.05, 0.1) is 11.3 Å². The normalized spacial score (nSPS) is 20.7. The molecule has 28 heavy (non-hydrogen) atoms. The lowest BCUT2D eigenvalue weighted by molar-refractivity contribution is 0.0624. The summed E-state index contributed by atoms with van der Waals surface area (Å²) in [6.07, 6.45) is 1.13. The summed E-state index contributed by atoms with van der Waals surface area (Å²) in [4.78, 5) is 27.8. The molecule has 4 rings (SSSR count). The lowest BCUT2D eigenvalue weighted by Gasteiger charge is -2.35. The Hall–Kier alpha value is -3.02. The van der Waals surface area contributed by atoms with Crippen molar-refractivity contribution in [1.29, 1.82) is 0 Å². The molecule has 2 heterocycles. The van der Waals surface area contributed by atoms with Crippen LogP contribution in [0.2, 0.25) is 0 Å². The molecule has 2 aromatic carbocycles. The number of piperidine rings is 1. The van der Waals surface area contributed by atoms with Crippen molar-refractivity contribution in [2.45, 2.75) is 20.3 Å². The van der Waals surface area contributed by atoms with E-state index in [0.717, 1.165) is 19.5 Å². The van der Waals surface area contributed by atoms with Gasteiger partial charge in [-0.25, -0.2) is 0 Å². The summed E-state index contributed by atoms with van der Waals surface area (Å²) in [5.74, 6) is 1.79. The minimum Gasteiger partial charge on any atom is -0.454 e. The molecule has 0 spiro atoms.